The van der Waals surface area contributed by atoms with Crippen LogP contribution in [0.2, 0.25) is 0 Å². The first-order valence-corrected chi connectivity index (χ1v) is 13.6. The molecule has 2 unspecified atom stereocenters. The van der Waals surface area contributed by atoms with Gasteiger partial charge in [0.1, 0.15) is 11.5 Å². The van der Waals surface area contributed by atoms with Crippen LogP contribution in [0.3, 0.4) is 0 Å². The van der Waals surface area contributed by atoms with Crippen molar-refractivity contribution < 1.29 is 28.7 Å². The van der Waals surface area contributed by atoms with Crippen LogP contribution < -0.4 is 20.1 Å². The highest BCUT2D eigenvalue weighted by Gasteiger charge is 2.32. The zero-order chi connectivity index (χ0) is 26.7. The predicted molar refractivity (Wildman–Crippen MR) is 142 cm³/mol. The highest BCUT2D eigenvalue weighted by Crippen LogP contribution is 2.27. The molecular weight excluding hydrogens is 484 g/mol. The Morgan fingerprint density at radius 1 is 0.526 bits per heavy atom. The van der Waals surface area contributed by atoms with E-state index in [1.807, 2.05) is 48.5 Å². The summed E-state index contributed by atoms with van der Waals surface area (Å²) in [5.41, 5.74) is 1.69. The summed E-state index contributed by atoms with van der Waals surface area (Å²) in [6, 6.07) is 14.9. The lowest BCUT2D eigenvalue weighted by Crippen LogP contribution is -2.21. The first-order chi connectivity index (χ1) is 18.5. The average molecular weight is 521 g/mol. The highest BCUT2D eigenvalue weighted by atomic mass is 16.5. The molecule has 2 heterocycles. The topological polar surface area (TPSA) is 111 Å². The molecule has 8 nitrogen and oxygen atoms in total. The molecule has 4 amide bonds. The Kier molecular flexibility index (Phi) is 9.90. The lowest BCUT2D eigenvalue weighted by Gasteiger charge is -2.10. The summed E-state index contributed by atoms with van der Waals surface area (Å²) in [5, 5.41) is 4.68. The van der Waals surface area contributed by atoms with Gasteiger partial charge in [-0.2, -0.15) is 0 Å². The zero-order valence-corrected chi connectivity index (χ0v) is 21.7. The van der Waals surface area contributed by atoms with Crippen LogP contribution in [0.5, 0.6) is 11.5 Å². The van der Waals surface area contributed by atoms with E-state index >= 15 is 0 Å². The molecule has 2 aliphatic heterocycles. The van der Waals surface area contributed by atoms with Gasteiger partial charge < -0.3 is 9.47 Å². The van der Waals surface area contributed by atoms with E-state index < -0.39 is 0 Å². The Labute approximate surface area is 223 Å². The van der Waals surface area contributed by atoms with Crippen LogP contribution in [0, 0.1) is 0 Å². The number of unbranched alkanes of at least 4 members (excludes halogenated alkanes) is 7. The van der Waals surface area contributed by atoms with E-state index in [4.69, 9.17) is 9.47 Å². The van der Waals surface area contributed by atoms with Crippen LogP contribution in [0.4, 0.5) is 0 Å². The van der Waals surface area contributed by atoms with Gasteiger partial charge >= 0.3 is 0 Å². The van der Waals surface area contributed by atoms with Crippen molar-refractivity contribution in [3.05, 3.63) is 59.7 Å². The maximum absolute atomic E-state index is 11.8. The maximum atomic E-state index is 11.8. The normalized spacial score (nSPS) is 18.9. The average Bonchev–Trinajstić information content (AvgIpc) is 3.44. The van der Waals surface area contributed by atoms with Gasteiger partial charge in [-0.1, -0.05) is 62.8 Å². The quantitative estimate of drug-likeness (QED) is 0.264. The summed E-state index contributed by atoms with van der Waals surface area (Å²) in [6.07, 6.45) is 9.56. The molecule has 2 saturated heterocycles. The van der Waals surface area contributed by atoms with Crippen molar-refractivity contribution >= 4 is 23.6 Å². The molecule has 8 heteroatoms. The molecule has 2 fully saturated rings. The Bertz CT molecular complexity index is 1020. The van der Waals surface area contributed by atoms with Gasteiger partial charge in [-0.25, -0.2) is 0 Å². The summed E-state index contributed by atoms with van der Waals surface area (Å²) in [4.78, 5) is 46.3. The van der Waals surface area contributed by atoms with Crippen LogP contribution in [0.25, 0.3) is 0 Å². The molecule has 0 aliphatic carbocycles. The van der Waals surface area contributed by atoms with E-state index in [9.17, 15) is 19.2 Å². The molecule has 0 aromatic heterocycles. The predicted octanol–water partition coefficient (Wildman–Crippen LogP) is 4.53. The minimum Gasteiger partial charge on any atom is -0.494 e. The monoisotopic (exact) mass is 520 g/mol. The fraction of sp³-hybridized carbons (Fsp3) is 0.467. The first-order valence-electron chi connectivity index (χ1n) is 13.6. The van der Waals surface area contributed by atoms with Gasteiger partial charge in [0.05, 0.1) is 25.0 Å². The summed E-state index contributed by atoms with van der Waals surface area (Å²) >= 11 is 0. The van der Waals surface area contributed by atoms with Crippen LogP contribution in [0.1, 0.15) is 87.2 Å². The smallest absolute Gasteiger partial charge is 0.234 e. The number of benzene rings is 2. The molecule has 2 aromatic rings. The number of hydrogen-bond donors (Lipinski definition) is 2. The maximum Gasteiger partial charge on any atom is 0.234 e. The fourth-order valence-electron chi connectivity index (χ4n) is 4.88. The number of imide groups is 2. The van der Waals surface area contributed by atoms with E-state index in [-0.39, 0.29) is 48.3 Å². The minimum atomic E-state index is -0.385. The van der Waals surface area contributed by atoms with E-state index in [1.54, 1.807) is 0 Å². The number of hydrogen-bond acceptors (Lipinski definition) is 6. The number of ether oxygens (including phenoxy) is 2. The zero-order valence-electron chi connectivity index (χ0n) is 21.7. The third kappa shape index (κ3) is 7.91. The van der Waals surface area contributed by atoms with Gasteiger partial charge in [-0.15, -0.1) is 0 Å². The second kappa shape index (κ2) is 13.7. The van der Waals surface area contributed by atoms with Crippen molar-refractivity contribution in [2.45, 2.75) is 76.0 Å². The van der Waals surface area contributed by atoms with Gasteiger partial charge in [0.2, 0.25) is 23.6 Å². The van der Waals surface area contributed by atoms with Gasteiger partial charge in [-0.3, -0.25) is 29.8 Å². The van der Waals surface area contributed by atoms with Crippen molar-refractivity contribution in [3.63, 3.8) is 0 Å². The Morgan fingerprint density at radius 3 is 1.18 bits per heavy atom. The minimum absolute atomic E-state index is 0.216. The van der Waals surface area contributed by atoms with Crippen molar-refractivity contribution in [1.82, 2.24) is 10.6 Å². The second-order valence-electron chi connectivity index (χ2n) is 10.0. The van der Waals surface area contributed by atoms with Crippen LogP contribution >= 0.6 is 0 Å². The van der Waals surface area contributed by atoms with Gasteiger partial charge in [0, 0.05) is 12.8 Å². The Balaban J connectivity index is 0.972. The molecule has 0 radical (unpaired) electrons. The Morgan fingerprint density at radius 2 is 0.868 bits per heavy atom. The molecule has 4 rings (SSSR count). The van der Waals surface area contributed by atoms with Crippen molar-refractivity contribution in [2.24, 2.45) is 0 Å². The number of rotatable bonds is 15. The largest absolute Gasteiger partial charge is 0.494 e. The van der Waals surface area contributed by atoms with Crippen LogP contribution in [0.15, 0.2) is 48.5 Å². The SMILES string of the molecule is O=C1CC(c2ccc(OCCCCCCCCCCOc3ccc(C4CC(=O)NC4=O)cc3)cc2)C(=O)N1. The van der Waals surface area contributed by atoms with Crippen molar-refractivity contribution in [2.75, 3.05) is 13.2 Å². The summed E-state index contributed by atoms with van der Waals surface area (Å²) < 4.78 is 11.6. The van der Waals surface area contributed by atoms with E-state index in [2.05, 4.69) is 10.6 Å². The first kappa shape index (κ1) is 27.4. The number of carbonyl (C=O) groups excluding carboxylic acids is 4. The summed E-state index contributed by atoms with van der Waals surface area (Å²) in [6.45, 7) is 1.35. The molecule has 2 aromatic carbocycles. The van der Waals surface area contributed by atoms with Crippen LogP contribution in [-0.4, -0.2) is 36.8 Å². The fourth-order valence-corrected chi connectivity index (χ4v) is 4.88. The standard InChI is InChI=1S/C30H36N2O6/c33-27-19-25(29(35)31-27)21-9-13-23(14-10-21)37-17-7-5-3-1-2-4-6-8-18-38-24-15-11-22(12-16-24)26-20-28(34)32-30(26)36/h9-16,25-26H,1-8,17-20H2,(H,31,33,35)(H,32,34,36). The number of nitrogens with one attached hydrogen (secondary N) is 2. The summed E-state index contributed by atoms with van der Waals surface area (Å²) in [7, 11) is 0. The van der Waals surface area contributed by atoms with Gasteiger partial charge in [-0.05, 0) is 48.2 Å². The van der Waals surface area contributed by atoms with E-state index in [0.717, 1.165) is 48.3 Å². The molecule has 2 N–H and O–H groups in total. The lowest BCUT2D eigenvalue weighted by molar-refractivity contribution is -0.126. The molecule has 38 heavy (non-hydrogen) atoms. The van der Waals surface area contributed by atoms with Gasteiger partial charge in [0.15, 0.2) is 0 Å². The van der Waals surface area contributed by atoms with E-state index in [0.29, 0.717) is 13.2 Å². The van der Waals surface area contributed by atoms with Crippen molar-refractivity contribution in [3.8, 4) is 11.5 Å². The molecule has 0 bridgehead atoms. The molecule has 2 atom stereocenters. The van der Waals surface area contributed by atoms with E-state index in [1.165, 1.54) is 25.7 Å². The second-order valence-corrected chi connectivity index (χ2v) is 10.0. The van der Waals surface area contributed by atoms with Crippen LogP contribution in [-0.2, 0) is 19.2 Å². The highest BCUT2D eigenvalue weighted by molar-refractivity contribution is 6.06. The summed E-state index contributed by atoms with van der Waals surface area (Å²) in [5.74, 6) is -0.0799. The lowest BCUT2D eigenvalue weighted by atomic mass is 9.98. The molecular formula is C30H36N2O6. The van der Waals surface area contributed by atoms with Crippen molar-refractivity contribution in [1.29, 1.82) is 0 Å². The number of amides is 4. The van der Waals surface area contributed by atoms with Gasteiger partial charge in [0.25, 0.3) is 0 Å². The number of carbonyl (C=O) groups is 4. The molecule has 0 saturated carbocycles. The molecule has 0 spiro atoms. The third-order valence-electron chi connectivity index (χ3n) is 7.08. The Hall–Kier alpha value is -3.68. The third-order valence-corrected chi connectivity index (χ3v) is 7.08. The molecule has 2 aliphatic rings. The molecule has 202 valence electrons.